The monoisotopic (exact) mass is 491 g/mol. The molecule has 4 rings (SSSR count). The van der Waals surface area contributed by atoms with Crippen molar-refractivity contribution in [3.05, 3.63) is 70.8 Å². The molecule has 0 amide bonds. The van der Waals surface area contributed by atoms with Crippen molar-refractivity contribution >= 4 is 16.7 Å². The van der Waals surface area contributed by atoms with Crippen molar-refractivity contribution in [3.8, 4) is 23.0 Å². The highest BCUT2D eigenvalue weighted by molar-refractivity contribution is 5.97. The Morgan fingerprint density at radius 2 is 2.03 bits per heavy atom. The van der Waals surface area contributed by atoms with Gasteiger partial charge in [0.05, 0.1) is 22.7 Å². The first-order valence-electron chi connectivity index (χ1n) is 11.6. The molecule has 1 aromatic carbocycles. The van der Waals surface area contributed by atoms with Crippen LogP contribution in [0.2, 0.25) is 0 Å². The van der Waals surface area contributed by atoms with Crippen molar-refractivity contribution in [1.82, 2.24) is 24.5 Å². The molecule has 1 unspecified atom stereocenters. The van der Waals surface area contributed by atoms with E-state index < -0.39 is 28.3 Å². The summed E-state index contributed by atoms with van der Waals surface area (Å²) in [6.45, 7) is 5.69. The van der Waals surface area contributed by atoms with Crippen molar-refractivity contribution in [2.75, 3.05) is 5.73 Å². The van der Waals surface area contributed by atoms with Crippen LogP contribution in [0.4, 0.5) is 14.6 Å². The van der Waals surface area contributed by atoms with Gasteiger partial charge in [0.15, 0.2) is 5.82 Å². The molecule has 3 N–H and O–H groups in total. The Labute approximate surface area is 206 Å². The van der Waals surface area contributed by atoms with Crippen LogP contribution in [0.25, 0.3) is 27.8 Å². The number of para-hydroxylation sites is 1. The fourth-order valence-corrected chi connectivity index (χ4v) is 4.41. The summed E-state index contributed by atoms with van der Waals surface area (Å²) in [6.07, 6.45) is 6.85. The van der Waals surface area contributed by atoms with Crippen LogP contribution in [-0.2, 0) is 13.5 Å². The molecule has 1 atom stereocenters. The van der Waals surface area contributed by atoms with E-state index in [1.165, 1.54) is 12.3 Å². The maximum absolute atomic E-state index is 14.6. The van der Waals surface area contributed by atoms with Crippen molar-refractivity contribution < 1.29 is 8.78 Å². The molecular weight excluding hydrogens is 464 g/mol. The van der Waals surface area contributed by atoms with Crippen LogP contribution in [0, 0.1) is 28.4 Å². The molecule has 0 aliphatic heterocycles. The van der Waals surface area contributed by atoms with E-state index in [9.17, 15) is 18.8 Å². The van der Waals surface area contributed by atoms with E-state index in [0.717, 1.165) is 48.1 Å². The number of aromatic amines is 1. The van der Waals surface area contributed by atoms with Crippen molar-refractivity contribution in [1.29, 1.82) is 5.26 Å². The van der Waals surface area contributed by atoms with Gasteiger partial charge in [0, 0.05) is 24.5 Å². The fourth-order valence-electron chi connectivity index (χ4n) is 4.41. The molecule has 4 aromatic rings. The molecule has 8 nitrogen and oxygen atoms in total. The predicted molar refractivity (Wildman–Crippen MR) is 134 cm³/mol. The summed E-state index contributed by atoms with van der Waals surface area (Å²) in [5.41, 5.74) is 6.45. The summed E-state index contributed by atoms with van der Waals surface area (Å²) in [5, 5.41) is 20.9. The lowest BCUT2D eigenvalue weighted by molar-refractivity contribution is 0.363. The molecule has 0 aliphatic rings. The summed E-state index contributed by atoms with van der Waals surface area (Å²) in [4.78, 5) is 13.1. The number of fused-ring (bicyclic) bond motifs is 1. The van der Waals surface area contributed by atoms with Gasteiger partial charge in [-0.25, -0.2) is 8.78 Å². The van der Waals surface area contributed by atoms with Crippen LogP contribution < -0.4 is 11.3 Å². The molecular formula is C26H27F2N7O. The summed E-state index contributed by atoms with van der Waals surface area (Å²) in [6, 6.07) is 7.66. The number of hydrogen-bond acceptors (Lipinski definition) is 5. The molecule has 0 radical (unpaired) electrons. The minimum atomic E-state index is -0.886. The number of pyridine rings is 1. The smallest absolute Gasteiger partial charge is 0.268 e. The summed E-state index contributed by atoms with van der Waals surface area (Å²) >= 11 is 0. The van der Waals surface area contributed by atoms with Crippen LogP contribution in [0.15, 0.2) is 47.9 Å². The quantitative estimate of drug-likeness (QED) is 0.326. The Morgan fingerprint density at radius 1 is 1.31 bits per heavy atom. The van der Waals surface area contributed by atoms with Gasteiger partial charge in [0.2, 0.25) is 0 Å². The minimum absolute atomic E-state index is 0.0226. The van der Waals surface area contributed by atoms with Gasteiger partial charge in [-0.15, -0.1) is 6.58 Å². The summed E-state index contributed by atoms with van der Waals surface area (Å²) < 4.78 is 31.8. The first-order chi connectivity index (χ1) is 17.2. The molecule has 0 bridgehead atoms. The van der Waals surface area contributed by atoms with Crippen molar-refractivity contribution in [2.45, 2.75) is 39.0 Å². The van der Waals surface area contributed by atoms with Gasteiger partial charge in [-0.2, -0.15) is 15.5 Å². The molecule has 0 saturated heterocycles. The van der Waals surface area contributed by atoms with Crippen LogP contribution >= 0.6 is 0 Å². The van der Waals surface area contributed by atoms with E-state index in [4.69, 9.17) is 5.73 Å². The predicted octanol–water partition coefficient (Wildman–Crippen LogP) is 4.79. The van der Waals surface area contributed by atoms with E-state index in [1.807, 2.05) is 19.1 Å². The van der Waals surface area contributed by atoms with E-state index >= 15 is 0 Å². The number of anilines is 1. The second-order valence-electron chi connectivity index (χ2n) is 9.14. The van der Waals surface area contributed by atoms with Gasteiger partial charge in [-0.05, 0) is 57.2 Å². The molecule has 3 heterocycles. The van der Waals surface area contributed by atoms with Crippen LogP contribution in [0.5, 0.6) is 0 Å². The SMILES string of the molecule is C=CCCC(C)(C#N)CCCc1cc(-c2cn(-c3c(F)cccc3F)c(=O)c3c(N)n[nH]c23)nn1C. The maximum atomic E-state index is 14.6. The number of H-pyrrole nitrogens is 1. The van der Waals surface area contributed by atoms with Crippen LogP contribution in [0.1, 0.15) is 38.3 Å². The Morgan fingerprint density at radius 3 is 2.69 bits per heavy atom. The average molecular weight is 492 g/mol. The number of aromatic nitrogens is 5. The number of hydrogen-bond donors (Lipinski definition) is 2. The highest BCUT2D eigenvalue weighted by atomic mass is 19.1. The number of nitrogens with two attached hydrogens (primary N) is 1. The number of nitriles is 1. The van der Waals surface area contributed by atoms with E-state index in [-0.39, 0.29) is 11.2 Å². The highest BCUT2D eigenvalue weighted by Crippen LogP contribution is 2.31. The lowest BCUT2D eigenvalue weighted by Gasteiger charge is -2.20. The standard InChI is InChI=1S/C26H27F2N7O/c1-4-5-11-26(2,15-29)12-7-8-16-13-20(33-34(16)3)17-14-35(23-18(27)9-6-10-19(23)28)25(36)21-22(17)31-32-24(21)30/h4,6,9-10,13-14H,1,5,7-8,11-12H2,2-3H3,(H3,30,31,32). The fraction of sp³-hybridized carbons (Fsp3) is 0.308. The van der Waals surface area contributed by atoms with Gasteiger partial charge < -0.3 is 5.73 Å². The van der Waals surface area contributed by atoms with Crippen molar-refractivity contribution in [3.63, 3.8) is 0 Å². The normalized spacial score (nSPS) is 13.0. The van der Waals surface area contributed by atoms with Gasteiger partial charge >= 0.3 is 0 Å². The second kappa shape index (κ2) is 9.77. The molecule has 10 heteroatoms. The molecule has 0 spiro atoms. The van der Waals surface area contributed by atoms with Crippen LogP contribution in [0.3, 0.4) is 0 Å². The Bertz CT molecular complexity index is 1520. The second-order valence-corrected chi connectivity index (χ2v) is 9.14. The summed E-state index contributed by atoms with van der Waals surface area (Å²) in [7, 11) is 1.80. The molecule has 3 aromatic heterocycles. The molecule has 0 fully saturated rings. The van der Waals surface area contributed by atoms with Crippen molar-refractivity contribution in [2.24, 2.45) is 12.5 Å². The van der Waals surface area contributed by atoms with Gasteiger partial charge in [0.1, 0.15) is 22.7 Å². The molecule has 0 aliphatic carbocycles. The van der Waals surface area contributed by atoms with Gasteiger partial charge in [0.25, 0.3) is 5.56 Å². The Balaban J connectivity index is 1.73. The first-order valence-corrected chi connectivity index (χ1v) is 11.6. The number of benzene rings is 1. The third kappa shape index (κ3) is 4.52. The third-order valence-corrected chi connectivity index (χ3v) is 6.52. The average Bonchev–Trinajstić information content (AvgIpc) is 3.42. The number of rotatable bonds is 9. The van der Waals surface area contributed by atoms with Crippen LogP contribution in [-0.4, -0.2) is 24.5 Å². The highest BCUT2D eigenvalue weighted by Gasteiger charge is 2.24. The zero-order chi connectivity index (χ0) is 26.0. The lowest BCUT2D eigenvalue weighted by Crippen LogP contribution is -2.21. The number of nitrogens with zero attached hydrogens (tertiary/aromatic N) is 5. The molecule has 0 saturated carbocycles. The van der Waals surface area contributed by atoms with Gasteiger partial charge in [-0.3, -0.25) is 19.1 Å². The number of nitrogens with one attached hydrogen (secondary N) is 1. The maximum Gasteiger partial charge on any atom is 0.268 e. The van der Waals surface area contributed by atoms with E-state index in [2.05, 4.69) is 27.9 Å². The first kappa shape index (κ1) is 24.9. The number of nitrogen functional groups attached to an aromatic ring is 1. The number of aryl methyl sites for hydroxylation is 2. The topological polar surface area (TPSA) is 118 Å². The zero-order valence-corrected chi connectivity index (χ0v) is 20.2. The van der Waals surface area contributed by atoms with E-state index in [1.54, 1.807) is 11.7 Å². The minimum Gasteiger partial charge on any atom is -0.382 e. The van der Waals surface area contributed by atoms with E-state index in [0.29, 0.717) is 23.2 Å². The number of halogens is 2. The molecule has 36 heavy (non-hydrogen) atoms. The Hall–Kier alpha value is -4.26. The Kier molecular flexibility index (Phi) is 6.75. The third-order valence-electron chi connectivity index (χ3n) is 6.52. The van der Waals surface area contributed by atoms with Gasteiger partial charge in [-0.1, -0.05) is 12.1 Å². The largest absolute Gasteiger partial charge is 0.382 e. The summed E-state index contributed by atoms with van der Waals surface area (Å²) in [5.74, 6) is -1.85. The number of allylic oxidation sites excluding steroid dienone is 1. The zero-order valence-electron chi connectivity index (χ0n) is 20.2. The lowest BCUT2D eigenvalue weighted by atomic mass is 9.82. The molecule has 186 valence electrons.